The minimum atomic E-state index is 0.444. The Hall–Kier alpha value is -0.880. The lowest BCUT2D eigenvalue weighted by molar-refractivity contribution is -0.104. The van der Waals surface area contributed by atoms with E-state index < -0.39 is 0 Å². The molecular weight excluding hydrogens is 66.0 g/mol. The Bertz CT molecular complexity index is 71.0. The van der Waals surface area contributed by atoms with Gasteiger partial charge in [0.1, 0.15) is 6.29 Å². The second-order valence-corrected chi connectivity index (χ2v) is 0.432. The molecule has 0 aliphatic heterocycles. The minimum Gasteiger partial charge on any atom is -0.763 e. The first-order valence-corrected chi connectivity index (χ1v) is 1.08. The van der Waals surface area contributed by atoms with E-state index in [0.29, 0.717) is 6.29 Å². The Balaban J connectivity index is 3.31. The molecule has 0 heterocycles. The van der Waals surface area contributed by atoms with Gasteiger partial charge in [0.05, 0.1) is 0 Å². The fourth-order valence-electron chi connectivity index (χ4n) is 0.0304. The molecule has 0 aromatic carbocycles. The average molecular weight is 68.1 g/mol. The van der Waals surface area contributed by atoms with Crippen LogP contribution in [0.4, 0.5) is 0 Å². The predicted octanol–water partition coefficient (Wildman–Crippen LogP) is -0.0194. The maximum Gasteiger partial charge on any atom is 0.148 e. The number of hydrogen-bond donors (Lipinski definition) is 0. The molecule has 2 nitrogen and oxygen atoms in total. The number of hydrogen-bond acceptors (Lipinski definition) is 1. The Morgan fingerprint density at radius 2 is 2.40 bits per heavy atom. The molecule has 0 aromatic heterocycles. The van der Waals surface area contributed by atoms with Crippen LogP contribution in [0.5, 0.6) is 0 Å². The summed E-state index contributed by atoms with van der Waals surface area (Å²) in [7, 11) is 0. The second-order valence-electron chi connectivity index (χ2n) is 0.432. The van der Waals surface area contributed by atoms with Crippen LogP contribution in [-0.4, -0.2) is 12.2 Å². The summed E-state index contributed by atoms with van der Waals surface area (Å²) in [6.07, 6.45) is 1.32. The molecule has 0 fully saturated rings. The van der Waals surface area contributed by atoms with Crippen molar-refractivity contribution < 1.29 is 4.79 Å². The summed E-state index contributed by atoms with van der Waals surface area (Å²) in [5, 5.41) is 7.53. The summed E-state index contributed by atoms with van der Waals surface area (Å²) >= 11 is 0. The predicted molar refractivity (Wildman–Crippen MR) is 19.0 cm³/mol. The van der Waals surface area contributed by atoms with Crippen LogP contribution in [0.1, 0.15) is 0 Å². The molecule has 0 amide bonds. The Labute approximate surface area is 29.6 Å². The molecule has 0 unspecified atom stereocenters. The molecule has 5 heavy (non-hydrogen) atoms. The SMILES string of the molecule is [N-]=C=CC=O. The second kappa shape index (κ2) is 3.12. The molecule has 0 aromatic rings. The molecule has 0 bridgehead atoms. The van der Waals surface area contributed by atoms with Crippen molar-refractivity contribution in [2.75, 3.05) is 0 Å². The number of carbonyl (C=O) groups is 1. The molecule has 0 rings (SSSR count). The maximum atomic E-state index is 9.13. The lowest BCUT2D eigenvalue weighted by Gasteiger charge is -1.55. The van der Waals surface area contributed by atoms with Crippen molar-refractivity contribution in [2.45, 2.75) is 0 Å². The third kappa shape index (κ3) is 3.12. The number of rotatable bonds is 1. The van der Waals surface area contributed by atoms with Crippen LogP contribution in [0.3, 0.4) is 0 Å². The lowest BCUT2D eigenvalue weighted by Crippen LogP contribution is -1.51. The number of carbonyl (C=O) groups excluding carboxylic acids is 1. The number of aldehydes is 1. The minimum absolute atomic E-state index is 0.444. The Kier molecular flexibility index (Phi) is 2.57. The van der Waals surface area contributed by atoms with Crippen molar-refractivity contribution in [1.29, 1.82) is 0 Å². The van der Waals surface area contributed by atoms with Crippen LogP contribution in [0.15, 0.2) is 6.08 Å². The van der Waals surface area contributed by atoms with Gasteiger partial charge < -0.3 is 5.41 Å². The fourth-order valence-corrected chi connectivity index (χ4v) is 0.0304. The van der Waals surface area contributed by atoms with E-state index in [9.17, 15) is 0 Å². The van der Waals surface area contributed by atoms with Gasteiger partial charge in [-0.05, 0) is 6.08 Å². The molecule has 0 N–H and O–H groups in total. The van der Waals surface area contributed by atoms with E-state index in [-0.39, 0.29) is 0 Å². The average Bonchev–Trinajstić information content (AvgIpc) is 1.41. The van der Waals surface area contributed by atoms with Crippen LogP contribution in [0, 0.1) is 0 Å². The lowest BCUT2D eigenvalue weighted by atomic mass is 10.7. The monoisotopic (exact) mass is 68.0 g/mol. The highest BCUT2D eigenvalue weighted by Gasteiger charge is 1.40. The number of nitrogens with zero attached hydrogens (tertiary/aromatic N) is 1. The summed E-state index contributed by atoms with van der Waals surface area (Å²) in [5.41, 5.74) is 0. The molecule has 0 radical (unpaired) electrons. The van der Waals surface area contributed by atoms with Crippen molar-refractivity contribution in [2.24, 2.45) is 0 Å². The van der Waals surface area contributed by atoms with Gasteiger partial charge in [0.2, 0.25) is 0 Å². The topological polar surface area (TPSA) is 39.4 Å². The number of allylic oxidation sites excluding steroid dienone is 1. The summed E-state index contributed by atoms with van der Waals surface area (Å²) in [6.45, 7) is 0. The summed E-state index contributed by atoms with van der Waals surface area (Å²) in [4.78, 5) is 9.13. The quantitative estimate of drug-likeness (QED) is 0.242. The molecule has 0 aliphatic carbocycles. The zero-order valence-electron chi connectivity index (χ0n) is 2.51. The van der Waals surface area contributed by atoms with Gasteiger partial charge in [0.15, 0.2) is 0 Å². The molecule has 26 valence electrons. The summed E-state index contributed by atoms with van der Waals surface area (Å²) < 4.78 is 0. The Morgan fingerprint density at radius 3 is 2.40 bits per heavy atom. The molecule has 0 aliphatic rings. The van der Waals surface area contributed by atoms with E-state index in [2.05, 4.69) is 0 Å². The van der Waals surface area contributed by atoms with Crippen LogP contribution in [0.2, 0.25) is 0 Å². The van der Waals surface area contributed by atoms with Crippen molar-refractivity contribution in [3.63, 3.8) is 0 Å². The van der Waals surface area contributed by atoms with Crippen molar-refractivity contribution in [1.82, 2.24) is 0 Å². The van der Waals surface area contributed by atoms with E-state index >= 15 is 0 Å². The van der Waals surface area contributed by atoms with E-state index in [4.69, 9.17) is 10.2 Å². The van der Waals surface area contributed by atoms with Gasteiger partial charge in [-0.3, -0.25) is 10.7 Å². The molecule has 0 saturated heterocycles. The third-order valence-corrected chi connectivity index (χ3v) is 0.143. The van der Waals surface area contributed by atoms with Gasteiger partial charge in [0, 0.05) is 0 Å². The highest BCUT2D eigenvalue weighted by Crippen LogP contribution is 1.36. The van der Waals surface area contributed by atoms with Crippen molar-refractivity contribution >= 4 is 12.2 Å². The van der Waals surface area contributed by atoms with Crippen molar-refractivity contribution in [3.05, 3.63) is 11.5 Å². The van der Waals surface area contributed by atoms with Gasteiger partial charge in [0.25, 0.3) is 0 Å². The zero-order chi connectivity index (χ0) is 4.12. The normalized spacial score (nSPS) is 4.80. The maximum absolute atomic E-state index is 9.13. The summed E-state index contributed by atoms with van der Waals surface area (Å²) in [5.74, 6) is 1.52. The van der Waals surface area contributed by atoms with Gasteiger partial charge >= 0.3 is 0 Å². The van der Waals surface area contributed by atoms with E-state index in [0.717, 1.165) is 6.08 Å². The molecule has 0 saturated carbocycles. The van der Waals surface area contributed by atoms with Gasteiger partial charge in [-0.1, -0.05) is 0 Å². The standard InChI is InChI=1S/C3H2NO/c4-2-1-3-5/h1,3H/q-1. The van der Waals surface area contributed by atoms with Gasteiger partial charge in [-0.2, -0.15) is 0 Å². The highest BCUT2D eigenvalue weighted by atomic mass is 16.1. The highest BCUT2D eigenvalue weighted by molar-refractivity contribution is 5.80. The molecule has 2 heteroatoms. The first kappa shape index (κ1) is 4.12. The largest absolute Gasteiger partial charge is 0.763 e. The summed E-state index contributed by atoms with van der Waals surface area (Å²) in [6, 6.07) is 0. The van der Waals surface area contributed by atoms with Crippen LogP contribution >= 0.6 is 0 Å². The smallest absolute Gasteiger partial charge is 0.148 e. The van der Waals surface area contributed by atoms with E-state index in [1.807, 2.05) is 0 Å². The first-order valence-electron chi connectivity index (χ1n) is 1.08. The molecule has 0 spiro atoms. The van der Waals surface area contributed by atoms with Crippen LogP contribution < -0.4 is 0 Å². The van der Waals surface area contributed by atoms with Crippen LogP contribution in [-0.2, 0) is 4.79 Å². The zero-order valence-corrected chi connectivity index (χ0v) is 2.51. The van der Waals surface area contributed by atoms with E-state index in [1.54, 1.807) is 0 Å². The third-order valence-electron chi connectivity index (χ3n) is 0.143. The van der Waals surface area contributed by atoms with Gasteiger partial charge in [-0.15, -0.1) is 0 Å². The van der Waals surface area contributed by atoms with E-state index in [1.165, 1.54) is 5.87 Å². The molecular formula is C3H2NO-. The fraction of sp³-hybridized carbons (Fsp3) is 0. The van der Waals surface area contributed by atoms with Crippen molar-refractivity contribution in [3.8, 4) is 0 Å². The van der Waals surface area contributed by atoms with Crippen LogP contribution in [0.25, 0.3) is 5.41 Å². The Morgan fingerprint density at radius 1 is 1.80 bits per heavy atom. The van der Waals surface area contributed by atoms with Gasteiger partial charge in [-0.25, -0.2) is 0 Å². The molecule has 0 atom stereocenters. The first-order chi connectivity index (χ1) is 2.41.